The molecule has 0 atom stereocenters. The molecule has 2 nitrogen and oxygen atoms in total. The van der Waals surface area contributed by atoms with E-state index in [1.807, 2.05) is 19.9 Å². The summed E-state index contributed by atoms with van der Waals surface area (Å²) in [5.74, 6) is 0.430. The summed E-state index contributed by atoms with van der Waals surface area (Å²) < 4.78 is 19.6. The molecule has 0 radical (unpaired) electrons. The van der Waals surface area contributed by atoms with Gasteiger partial charge in [-0.25, -0.2) is 4.39 Å². The van der Waals surface area contributed by atoms with E-state index in [-0.39, 0.29) is 12.4 Å². The highest BCUT2D eigenvalue weighted by Crippen LogP contribution is 2.27. The lowest BCUT2D eigenvalue weighted by atomic mass is 10.1. The van der Waals surface area contributed by atoms with E-state index in [1.165, 1.54) is 6.07 Å². The fourth-order valence-corrected chi connectivity index (χ4v) is 2.43. The van der Waals surface area contributed by atoms with Crippen molar-refractivity contribution in [2.45, 2.75) is 20.5 Å². The second kappa shape index (κ2) is 6.06. The molecule has 0 N–H and O–H groups in total. The van der Waals surface area contributed by atoms with Gasteiger partial charge >= 0.3 is 0 Å². The summed E-state index contributed by atoms with van der Waals surface area (Å²) in [4.78, 5) is 0. The predicted molar refractivity (Wildman–Crippen MR) is 79.1 cm³/mol. The number of nitrogens with zero attached hydrogens (tertiary/aromatic N) is 1. The number of ether oxygens (including phenoxy) is 1. The van der Waals surface area contributed by atoms with E-state index < -0.39 is 0 Å². The van der Waals surface area contributed by atoms with Gasteiger partial charge in [-0.15, -0.1) is 0 Å². The zero-order chi connectivity index (χ0) is 14.7. The molecule has 0 heterocycles. The molecule has 0 aliphatic heterocycles. The molecule has 0 aromatic heterocycles. The first-order valence-corrected chi connectivity index (χ1v) is 6.89. The minimum atomic E-state index is -0.306. The highest BCUT2D eigenvalue weighted by Gasteiger charge is 2.09. The van der Waals surface area contributed by atoms with Gasteiger partial charge in [-0.05, 0) is 59.1 Å². The SMILES string of the molecule is Cc1cc(C#N)cc(C)c1OCc1cccc(F)c1Br. The molecule has 0 bridgehead atoms. The number of aryl methyl sites for hydroxylation is 2. The summed E-state index contributed by atoms with van der Waals surface area (Å²) in [6.07, 6.45) is 0. The normalized spacial score (nSPS) is 10.2. The second-order valence-electron chi connectivity index (χ2n) is 4.55. The smallest absolute Gasteiger partial charge is 0.137 e. The number of hydrogen-bond donors (Lipinski definition) is 0. The zero-order valence-electron chi connectivity index (χ0n) is 11.2. The molecule has 0 saturated heterocycles. The van der Waals surface area contributed by atoms with Gasteiger partial charge < -0.3 is 4.74 Å². The summed E-state index contributed by atoms with van der Waals surface area (Å²) in [5.41, 5.74) is 3.15. The third kappa shape index (κ3) is 3.00. The van der Waals surface area contributed by atoms with Gasteiger partial charge in [-0.3, -0.25) is 0 Å². The van der Waals surface area contributed by atoms with Crippen molar-refractivity contribution in [3.8, 4) is 11.8 Å². The van der Waals surface area contributed by atoms with Gasteiger partial charge in [0.1, 0.15) is 18.2 Å². The highest BCUT2D eigenvalue weighted by molar-refractivity contribution is 9.10. The van der Waals surface area contributed by atoms with E-state index >= 15 is 0 Å². The van der Waals surface area contributed by atoms with Crippen LogP contribution in [0.15, 0.2) is 34.8 Å². The molecule has 2 aromatic carbocycles. The summed E-state index contributed by atoms with van der Waals surface area (Å²) in [5, 5.41) is 8.91. The molecule has 102 valence electrons. The molecule has 0 amide bonds. The summed E-state index contributed by atoms with van der Waals surface area (Å²) in [6, 6.07) is 10.5. The van der Waals surface area contributed by atoms with Gasteiger partial charge in [-0.1, -0.05) is 12.1 Å². The Balaban J connectivity index is 2.24. The molecule has 0 fully saturated rings. The van der Waals surface area contributed by atoms with Crippen molar-refractivity contribution in [1.82, 2.24) is 0 Å². The molecule has 0 spiro atoms. The van der Waals surface area contributed by atoms with Crippen LogP contribution in [0.5, 0.6) is 5.75 Å². The maximum Gasteiger partial charge on any atom is 0.137 e. The molecule has 4 heteroatoms. The average molecular weight is 334 g/mol. The molecule has 0 saturated carbocycles. The molecule has 0 aliphatic carbocycles. The van der Waals surface area contributed by atoms with Gasteiger partial charge in [0.25, 0.3) is 0 Å². The van der Waals surface area contributed by atoms with Crippen molar-refractivity contribution in [3.63, 3.8) is 0 Å². The number of nitriles is 1. The number of rotatable bonds is 3. The van der Waals surface area contributed by atoms with Crippen LogP contribution in [0.4, 0.5) is 4.39 Å². The van der Waals surface area contributed by atoms with E-state index in [0.717, 1.165) is 22.4 Å². The van der Waals surface area contributed by atoms with Crippen LogP contribution in [-0.4, -0.2) is 0 Å². The quantitative estimate of drug-likeness (QED) is 0.818. The van der Waals surface area contributed by atoms with Crippen LogP contribution in [0.25, 0.3) is 0 Å². The van der Waals surface area contributed by atoms with Crippen LogP contribution in [0, 0.1) is 31.0 Å². The van der Waals surface area contributed by atoms with Crippen molar-refractivity contribution in [2.24, 2.45) is 0 Å². The average Bonchev–Trinajstić information content (AvgIpc) is 2.42. The highest BCUT2D eigenvalue weighted by atomic mass is 79.9. The fourth-order valence-electron chi connectivity index (χ4n) is 2.05. The minimum absolute atomic E-state index is 0.270. The van der Waals surface area contributed by atoms with Gasteiger partial charge in [0.15, 0.2) is 0 Å². The zero-order valence-corrected chi connectivity index (χ0v) is 12.8. The first-order valence-electron chi connectivity index (χ1n) is 6.10. The Hall–Kier alpha value is -1.86. The summed E-state index contributed by atoms with van der Waals surface area (Å²) in [6.45, 7) is 4.06. The Morgan fingerprint density at radius 3 is 2.50 bits per heavy atom. The van der Waals surface area contributed by atoms with Crippen molar-refractivity contribution in [2.75, 3.05) is 0 Å². The Labute approximate surface area is 125 Å². The molecule has 2 aromatic rings. The van der Waals surface area contributed by atoms with Crippen LogP contribution in [0.2, 0.25) is 0 Å². The molecule has 0 aliphatic rings. The van der Waals surface area contributed by atoms with E-state index in [0.29, 0.717) is 10.0 Å². The standard InChI is InChI=1S/C16H13BrFNO/c1-10-6-12(8-19)7-11(2)16(10)20-9-13-4-3-5-14(18)15(13)17/h3-7H,9H2,1-2H3. The molecule has 20 heavy (non-hydrogen) atoms. The second-order valence-corrected chi connectivity index (χ2v) is 5.35. The topological polar surface area (TPSA) is 33.0 Å². The third-order valence-corrected chi connectivity index (χ3v) is 3.88. The monoisotopic (exact) mass is 333 g/mol. The summed E-state index contributed by atoms with van der Waals surface area (Å²) >= 11 is 3.22. The van der Waals surface area contributed by atoms with Crippen LogP contribution in [0.1, 0.15) is 22.3 Å². The maximum absolute atomic E-state index is 13.4. The van der Waals surface area contributed by atoms with Crippen molar-refractivity contribution in [1.29, 1.82) is 5.26 Å². The van der Waals surface area contributed by atoms with Gasteiger partial charge in [0.05, 0.1) is 16.1 Å². The van der Waals surface area contributed by atoms with Crippen molar-refractivity contribution in [3.05, 3.63) is 62.9 Å². The van der Waals surface area contributed by atoms with Crippen molar-refractivity contribution >= 4 is 15.9 Å². The van der Waals surface area contributed by atoms with E-state index in [2.05, 4.69) is 22.0 Å². The Morgan fingerprint density at radius 2 is 1.90 bits per heavy atom. The lowest BCUT2D eigenvalue weighted by molar-refractivity contribution is 0.300. The molecular formula is C16H13BrFNO. The molecule has 2 rings (SSSR count). The number of halogens is 2. The van der Waals surface area contributed by atoms with E-state index in [1.54, 1.807) is 18.2 Å². The Bertz CT molecular complexity index is 668. The van der Waals surface area contributed by atoms with Gasteiger partial charge in [0.2, 0.25) is 0 Å². The van der Waals surface area contributed by atoms with Crippen LogP contribution < -0.4 is 4.74 Å². The summed E-state index contributed by atoms with van der Waals surface area (Å²) in [7, 11) is 0. The fraction of sp³-hybridized carbons (Fsp3) is 0.188. The van der Waals surface area contributed by atoms with Gasteiger partial charge in [0, 0.05) is 5.56 Å². The number of hydrogen-bond acceptors (Lipinski definition) is 2. The van der Waals surface area contributed by atoms with E-state index in [9.17, 15) is 4.39 Å². The first kappa shape index (κ1) is 14.5. The lowest BCUT2D eigenvalue weighted by Crippen LogP contribution is -2.01. The van der Waals surface area contributed by atoms with Crippen LogP contribution in [-0.2, 0) is 6.61 Å². The molecular weight excluding hydrogens is 321 g/mol. The predicted octanol–water partition coefficient (Wildman–Crippen LogP) is 4.66. The van der Waals surface area contributed by atoms with Gasteiger partial charge in [-0.2, -0.15) is 5.26 Å². The van der Waals surface area contributed by atoms with E-state index in [4.69, 9.17) is 10.00 Å². The minimum Gasteiger partial charge on any atom is -0.488 e. The largest absolute Gasteiger partial charge is 0.488 e. The third-order valence-electron chi connectivity index (χ3n) is 2.99. The molecule has 0 unspecified atom stereocenters. The van der Waals surface area contributed by atoms with Crippen LogP contribution >= 0.6 is 15.9 Å². The Morgan fingerprint density at radius 1 is 1.25 bits per heavy atom. The lowest BCUT2D eigenvalue weighted by Gasteiger charge is -2.13. The van der Waals surface area contributed by atoms with Crippen LogP contribution in [0.3, 0.4) is 0 Å². The number of benzene rings is 2. The first-order chi connectivity index (χ1) is 9.52. The van der Waals surface area contributed by atoms with Crippen molar-refractivity contribution < 1.29 is 9.13 Å². The Kier molecular flexibility index (Phi) is 4.41. The maximum atomic E-state index is 13.4.